The van der Waals surface area contributed by atoms with Gasteiger partial charge in [-0.05, 0) is 36.3 Å². The lowest BCUT2D eigenvalue weighted by Gasteiger charge is -2.16. The highest BCUT2D eigenvalue weighted by atomic mass is 79.9. The SMILES string of the molecule is CSc1cc(Br)ccc1CNCC(CC(C)C)C(=O)O. The van der Waals surface area contributed by atoms with Crippen molar-refractivity contribution < 1.29 is 9.90 Å². The Morgan fingerprint density at radius 2 is 2.15 bits per heavy atom. The Morgan fingerprint density at radius 1 is 1.45 bits per heavy atom. The molecule has 0 aliphatic carbocycles. The number of hydrogen-bond acceptors (Lipinski definition) is 3. The molecule has 0 heterocycles. The first-order chi connectivity index (χ1) is 9.43. The molecule has 1 aromatic carbocycles. The Bertz CT molecular complexity index is 451. The quantitative estimate of drug-likeness (QED) is 0.688. The van der Waals surface area contributed by atoms with Crippen LogP contribution in [0.4, 0.5) is 0 Å². The highest BCUT2D eigenvalue weighted by molar-refractivity contribution is 9.10. The molecule has 0 fully saturated rings. The fourth-order valence-corrected chi connectivity index (χ4v) is 3.25. The third kappa shape index (κ3) is 5.85. The molecule has 5 heteroatoms. The molecular weight excluding hydrogens is 338 g/mol. The van der Waals surface area contributed by atoms with Crippen LogP contribution in [0.5, 0.6) is 0 Å². The molecule has 1 aromatic rings. The summed E-state index contributed by atoms with van der Waals surface area (Å²) in [5, 5.41) is 12.5. The predicted molar refractivity (Wildman–Crippen MR) is 88.2 cm³/mol. The number of carboxylic acids is 1. The Hall–Kier alpha value is -0.520. The van der Waals surface area contributed by atoms with E-state index in [9.17, 15) is 9.90 Å². The second-order valence-electron chi connectivity index (χ2n) is 5.25. The summed E-state index contributed by atoms with van der Waals surface area (Å²) in [5.74, 6) is -0.636. The predicted octanol–water partition coefficient (Wildman–Crippen LogP) is 4.01. The average molecular weight is 360 g/mol. The van der Waals surface area contributed by atoms with Crippen LogP contribution in [0.3, 0.4) is 0 Å². The smallest absolute Gasteiger partial charge is 0.307 e. The number of aliphatic carboxylic acids is 1. The van der Waals surface area contributed by atoms with Crippen molar-refractivity contribution in [1.29, 1.82) is 0 Å². The van der Waals surface area contributed by atoms with E-state index in [0.717, 1.165) is 4.47 Å². The molecule has 1 unspecified atom stereocenters. The van der Waals surface area contributed by atoms with E-state index in [0.29, 0.717) is 25.4 Å². The van der Waals surface area contributed by atoms with Crippen molar-refractivity contribution in [1.82, 2.24) is 5.32 Å². The molecule has 3 nitrogen and oxygen atoms in total. The van der Waals surface area contributed by atoms with Crippen molar-refractivity contribution in [2.75, 3.05) is 12.8 Å². The molecule has 0 radical (unpaired) electrons. The van der Waals surface area contributed by atoms with E-state index >= 15 is 0 Å². The maximum atomic E-state index is 11.2. The van der Waals surface area contributed by atoms with Crippen LogP contribution in [0, 0.1) is 11.8 Å². The standard InChI is InChI=1S/C15H22BrNO2S/c1-10(2)6-12(15(18)19)9-17-8-11-4-5-13(16)7-14(11)20-3/h4-5,7,10,12,17H,6,8-9H2,1-3H3,(H,18,19). The van der Waals surface area contributed by atoms with Gasteiger partial charge in [0.1, 0.15) is 0 Å². The van der Waals surface area contributed by atoms with Gasteiger partial charge in [0.05, 0.1) is 5.92 Å². The third-order valence-electron chi connectivity index (χ3n) is 3.06. The van der Waals surface area contributed by atoms with E-state index in [1.165, 1.54) is 10.5 Å². The summed E-state index contributed by atoms with van der Waals surface area (Å²) in [4.78, 5) is 12.4. The summed E-state index contributed by atoms with van der Waals surface area (Å²) in [6.07, 6.45) is 2.75. The van der Waals surface area contributed by atoms with Crippen molar-refractivity contribution in [3.63, 3.8) is 0 Å². The molecule has 1 rings (SSSR count). The molecule has 1 atom stereocenters. The van der Waals surface area contributed by atoms with E-state index in [1.807, 2.05) is 12.3 Å². The van der Waals surface area contributed by atoms with Crippen molar-refractivity contribution in [3.05, 3.63) is 28.2 Å². The Morgan fingerprint density at radius 3 is 2.70 bits per heavy atom. The number of rotatable bonds is 8. The highest BCUT2D eigenvalue weighted by Crippen LogP contribution is 2.24. The number of halogens is 1. The number of hydrogen-bond donors (Lipinski definition) is 2. The van der Waals surface area contributed by atoms with Gasteiger partial charge in [0, 0.05) is 22.5 Å². The minimum absolute atomic E-state index is 0.317. The molecule has 20 heavy (non-hydrogen) atoms. The molecule has 2 N–H and O–H groups in total. The summed E-state index contributed by atoms with van der Waals surface area (Å²) >= 11 is 5.16. The molecule has 0 saturated heterocycles. The fourth-order valence-electron chi connectivity index (χ4n) is 2.09. The molecular formula is C15H22BrNO2S. The number of carboxylic acid groups (broad SMARTS) is 1. The van der Waals surface area contributed by atoms with Gasteiger partial charge in [-0.3, -0.25) is 4.79 Å². The van der Waals surface area contributed by atoms with Gasteiger partial charge in [0.15, 0.2) is 0 Å². The summed E-state index contributed by atoms with van der Waals surface area (Å²) < 4.78 is 1.06. The Kier molecular flexibility index (Phi) is 7.62. The van der Waals surface area contributed by atoms with Crippen LogP contribution in [0.2, 0.25) is 0 Å². The molecule has 0 spiro atoms. The lowest BCUT2D eigenvalue weighted by Crippen LogP contribution is -2.29. The van der Waals surface area contributed by atoms with E-state index in [-0.39, 0.29) is 5.92 Å². The van der Waals surface area contributed by atoms with E-state index in [1.54, 1.807) is 11.8 Å². The zero-order chi connectivity index (χ0) is 15.1. The van der Waals surface area contributed by atoms with Crippen LogP contribution in [-0.2, 0) is 11.3 Å². The second-order valence-corrected chi connectivity index (χ2v) is 7.02. The second kappa shape index (κ2) is 8.70. The molecule has 0 aliphatic heterocycles. The third-order valence-corrected chi connectivity index (χ3v) is 4.37. The minimum Gasteiger partial charge on any atom is -0.481 e. The summed E-state index contributed by atoms with van der Waals surface area (Å²) in [6.45, 7) is 5.32. The molecule has 0 saturated carbocycles. The van der Waals surface area contributed by atoms with E-state index in [2.05, 4.69) is 47.2 Å². The van der Waals surface area contributed by atoms with Gasteiger partial charge in [-0.25, -0.2) is 0 Å². The van der Waals surface area contributed by atoms with Gasteiger partial charge in [0.25, 0.3) is 0 Å². The normalized spacial score (nSPS) is 12.7. The van der Waals surface area contributed by atoms with Crippen LogP contribution in [0.1, 0.15) is 25.8 Å². The summed E-state index contributed by atoms with van der Waals surface area (Å²) in [5.41, 5.74) is 1.20. The first-order valence-corrected chi connectivity index (χ1v) is 8.71. The van der Waals surface area contributed by atoms with Crippen LogP contribution in [0.15, 0.2) is 27.6 Å². The van der Waals surface area contributed by atoms with Crippen LogP contribution in [-0.4, -0.2) is 23.9 Å². The Labute approximate surface area is 133 Å². The molecule has 0 amide bonds. The minimum atomic E-state index is -0.716. The average Bonchev–Trinajstić information content (AvgIpc) is 2.38. The molecule has 112 valence electrons. The van der Waals surface area contributed by atoms with Gasteiger partial charge in [-0.15, -0.1) is 11.8 Å². The Balaban J connectivity index is 2.56. The van der Waals surface area contributed by atoms with Crippen molar-refractivity contribution >= 4 is 33.7 Å². The largest absolute Gasteiger partial charge is 0.481 e. The first-order valence-electron chi connectivity index (χ1n) is 6.70. The summed E-state index contributed by atoms with van der Waals surface area (Å²) in [6, 6.07) is 6.17. The summed E-state index contributed by atoms with van der Waals surface area (Å²) in [7, 11) is 0. The van der Waals surface area contributed by atoms with E-state index < -0.39 is 5.97 Å². The topological polar surface area (TPSA) is 49.3 Å². The first kappa shape index (κ1) is 17.5. The van der Waals surface area contributed by atoms with Crippen molar-refractivity contribution in [2.24, 2.45) is 11.8 Å². The van der Waals surface area contributed by atoms with Gasteiger partial charge >= 0.3 is 5.97 Å². The lowest BCUT2D eigenvalue weighted by molar-refractivity contribution is -0.142. The molecule has 0 aromatic heterocycles. The number of thioether (sulfide) groups is 1. The van der Waals surface area contributed by atoms with Gasteiger partial charge in [-0.1, -0.05) is 35.8 Å². The maximum Gasteiger partial charge on any atom is 0.307 e. The maximum absolute atomic E-state index is 11.2. The van der Waals surface area contributed by atoms with Crippen molar-refractivity contribution in [3.8, 4) is 0 Å². The number of carbonyl (C=O) groups is 1. The fraction of sp³-hybridized carbons (Fsp3) is 0.533. The van der Waals surface area contributed by atoms with Gasteiger partial charge in [0.2, 0.25) is 0 Å². The van der Waals surface area contributed by atoms with Crippen molar-refractivity contribution in [2.45, 2.75) is 31.7 Å². The van der Waals surface area contributed by atoms with Crippen LogP contribution >= 0.6 is 27.7 Å². The monoisotopic (exact) mass is 359 g/mol. The molecule has 0 aliphatic rings. The number of nitrogens with one attached hydrogen (secondary N) is 1. The van der Waals surface area contributed by atoms with Crippen LogP contribution in [0.25, 0.3) is 0 Å². The van der Waals surface area contributed by atoms with E-state index in [4.69, 9.17) is 0 Å². The van der Waals surface area contributed by atoms with Gasteiger partial charge < -0.3 is 10.4 Å². The number of benzene rings is 1. The highest BCUT2D eigenvalue weighted by Gasteiger charge is 2.18. The molecule has 0 bridgehead atoms. The lowest BCUT2D eigenvalue weighted by atomic mass is 9.97. The van der Waals surface area contributed by atoms with Gasteiger partial charge in [-0.2, -0.15) is 0 Å². The zero-order valence-electron chi connectivity index (χ0n) is 12.1. The van der Waals surface area contributed by atoms with Crippen LogP contribution < -0.4 is 5.32 Å². The zero-order valence-corrected chi connectivity index (χ0v) is 14.6.